The highest BCUT2D eigenvalue weighted by Crippen LogP contribution is 2.27. The van der Waals surface area contributed by atoms with Gasteiger partial charge in [0.2, 0.25) is 0 Å². The van der Waals surface area contributed by atoms with E-state index in [9.17, 15) is 0 Å². The molecule has 2 N–H and O–H groups in total. The molecule has 98 valence electrons. The van der Waals surface area contributed by atoms with E-state index in [-0.39, 0.29) is 6.04 Å². The fraction of sp³-hybridized carbons (Fsp3) is 0.231. The van der Waals surface area contributed by atoms with Gasteiger partial charge in [0.25, 0.3) is 0 Å². The van der Waals surface area contributed by atoms with E-state index in [4.69, 9.17) is 17.3 Å². The molecule has 0 bridgehead atoms. The lowest BCUT2D eigenvalue weighted by atomic mass is 10.1. The number of fused-ring (bicyclic) bond motifs is 1. The number of rotatable bonds is 2. The second-order valence-corrected chi connectivity index (χ2v) is 4.97. The smallest absolute Gasteiger partial charge is 0.131 e. The molecule has 0 spiro atoms. The summed E-state index contributed by atoms with van der Waals surface area (Å²) in [7, 11) is 3.79. The van der Waals surface area contributed by atoms with Gasteiger partial charge in [0.15, 0.2) is 0 Å². The molecule has 5 nitrogen and oxygen atoms in total. The molecule has 3 aromatic rings. The lowest BCUT2D eigenvalue weighted by Crippen LogP contribution is -2.16. The number of hydrogen-bond donors (Lipinski definition) is 1. The van der Waals surface area contributed by atoms with Gasteiger partial charge < -0.3 is 10.3 Å². The van der Waals surface area contributed by atoms with Gasteiger partial charge >= 0.3 is 0 Å². The Morgan fingerprint density at radius 3 is 2.74 bits per heavy atom. The highest BCUT2D eigenvalue weighted by Gasteiger charge is 2.19. The molecule has 3 rings (SSSR count). The van der Waals surface area contributed by atoms with Gasteiger partial charge in [-0.25, -0.2) is 4.98 Å². The van der Waals surface area contributed by atoms with E-state index in [0.717, 1.165) is 22.4 Å². The van der Waals surface area contributed by atoms with Gasteiger partial charge in [-0.15, -0.1) is 0 Å². The SMILES string of the molecule is Cn1cc(C(N)c2nc3cccc(Cl)c3n2C)cn1. The van der Waals surface area contributed by atoms with Gasteiger partial charge in [-0.2, -0.15) is 5.10 Å². The largest absolute Gasteiger partial charge is 0.328 e. The zero-order chi connectivity index (χ0) is 13.6. The van der Waals surface area contributed by atoms with Crippen LogP contribution in [-0.4, -0.2) is 19.3 Å². The van der Waals surface area contributed by atoms with Crippen molar-refractivity contribution in [3.63, 3.8) is 0 Å². The van der Waals surface area contributed by atoms with Crippen LogP contribution >= 0.6 is 11.6 Å². The van der Waals surface area contributed by atoms with Crippen LogP contribution in [0.2, 0.25) is 5.02 Å². The highest BCUT2D eigenvalue weighted by atomic mass is 35.5. The third-order valence-electron chi connectivity index (χ3n) is 3.24. The summed E-state index contributed by atoms with van der Waals surface area (Å²) < 4.78 is 3.67. The van der Waals surface area contributed by atoms with Gasteiger partial charge in [0.05, 0.1) is 28.3 Å². The minimum absolute atomic E-state index is 0.317. The number of halogens is 1. The van der Waals surface area contributed by atoms with Crippen LogP contribution < -0.4 is 5.73 Å². The van der Waals surface area contributed by atoms with Crippen LogP contribution in [-0.2, 0) is 14.1 Å². The monoisotopic (exact) mass is 275 g/mol. The van der Waals surface area contributed by atoms with Gasteiger partial charge in [0, 0.05) is 25.9 Å². The lowest BCUT2D eigenvalue weighted by Gasteiger charge is -2.09. The molecular formula is C13H14ClN5. The van der Waals surface area contributed by atoms with E-state index in [0.29, 0.717) is 5.02 Å². The molecule has 1 unspecified atom stereocenters. The van der Waals surface area contributed by atoms with Crippen molar-refractivity contribution in [1.82, 2.24) is 19.3 Å². The molecule has 0 saturated carbocycles. The third kappa shape index (κ3) is 1.91. The average Bonchev–Trinajstić information content (AvgIpc) is 2.94. The maximum absolute atomic E-state index is 6.26. The fourth-order valence-corrected chi connectivity index (χ4v) is 2.56. The number of benzene rings is 1. The maximum atomic E-state index is 6.26. The van der Waals surface area contributed by atoms with Gasteiger partial charge in [-0.05, 0) is 12.1 Å². The standard InChI is InChI=1S/C13H14ClN5/c1-18-7-8(6-16-18)11(15)13-17-10-5-3-4-9(14)12(10)19(13)2/h3-7,11H,15H2,1-2H3. The fourth-order valence-electron chi connectivity index (χ4n) is 2.27. The molecule has 19 heavy (non-hydrogen) atoms. The minimum Gasteiger partial charge on any atom is -0.328 e. The summed E-state index contributed by atoms with van der Waals surface area (Å²) in [6.07, 6.45) is 3.65. The average molecular weight is 276 g/mol. The maximum Gasteiger partial charge on any atom is 0.131 e. The normalized spacial score (nSPS) is 13.1. The molecule has 2 aromatic heterocycles. The Morgan fingerprint density at radius 2 is 2.11 bits per heavy atom. The number of aryl methyl sites for hydroxylation is 2. The first kappa shape index (κ1) is 12.2. The number of imidazole rings is 1. The summed E-state index contributed by atoms with van der Waals surface area (Å²) in [6, 6.07) is 5.35. The number of para-hydroxylation sites is 1. The Labute approximate surface area is 115 Å². The number of hydrogen-bond acceptors (Lipinski definition) is 3. The Kier molecular flexibility index (Phi) is 2.80. The van der Waals surface area contributed by atoms with Crippen molar-refractivity contribution in [1.29, 1.82) is 0 Å². The van der Waals surface area contributed by atoms with Crippen molar-refractivity contribution in [2.45, 2.75) is 6.04 Å². The van der Waals surface area contributed by atoms with Crippen LogP contribution in [0.4, 0.5) is 0 Å². The summed E-state index contributed by atoms with van der Waals surface area (Å²) in [5.41, 5.74) is 8.95. The molecule has 2 heterocycles. The lowest BCUT2D eigenvalue weighted by molar-refractivity contribution is 0.724. The molecule has 0 radical (unpaired) electrons. The van der Waals surface area contributed by atoms with Crippen molar-refractivity contribution in [3.8, 4) is 0 Å². The second kappa shape index (κ2) is 4.36. The van der Waals surface area contributed by atoms with Crippen molar-refractivity contribution in [2.24, 2.45) is 19.8 Å². The van der Waals surface area contributed by atoms with E-state index in [1.165, 1.54) is 0 Å². The number of nitrogens with two attached hydrogens (primary N) is 1. The van der Waals surface area contributed by atoms with E-state index < -0.39 is 0 Å². The Morgan fingerprint density at radius 1 is 1.32 bits per heavy atom. The molecule has 1 atom stereocenters. The predicted molar refractivity (Wildman–Crippen MR) is 75.0 cm³/mol. The summed E-state index contributed by atoms with van der Waals surface area (Å²) in [5, 5.41) is 4.82. The summed E-state index contributed by atoms with van der Waals surface area (Å²) in [6.45, 7) is 0. The quantitative estimate of drug-likeness (QED) is 0.778. The zero-order valence-corrected chi connectivity index (χ0v) is 11.5. The number of nitrogens with zero attached hydrogens (tertiary/aromatic N) is 4. The van der Waals surface area contributed by atoms with E-state index in [1.807, 2.05) is 43.1 Å². The minimum atomic E-state index is -0.317. The Balaban J connectivity index is 2.15. The van der Waals surface area contributed by atoms with Crippen molar-refractivity contribution in [2.75, 3.05) is 0 Å². The summed E-state index contributed by atoms with van der Waals surface area (Å²) in [5.74, 6) is 0.774. The molecule has 6 heteroatoms. The van der Waals surface area contributed by atoms with Crippen LogP contribution in [0.5, 0.6) is 0 Å². The van der Waals surface area contributed by atoms with Crippen molar-refractivity contribution in [3.05, 3.63) is 47.0 Å². The molecule has 0 saturated heterocycles. The van der Waals surface area contributed by atoms with Crippen molar-refractivity contribution >= 4 is 22.6 Å². The van der Waals surface area contributed by atoms with Gasteiger partial charge in [-0.1, -0.05) is 17.7 Å². The van der Waals surface area contributed by atoms with Crippen LogP contribution in [0, 0.1) is 0 Å². The first-order valence-electron chi connectivity index (χ1n) is 5.93. The predicted octanol–water partition coefficient (Wildman–Crippen LogP) is 2.01. The summed E-state index contributed by atoms with van der Waals surface area (Å²) >= 11 is 6.21. The van der Waals surface area contributed by atoms with Gasteiger partial charge in [0.1, 0.15) is 5.82 Å². The summed E-state index contributed by atoms with van der Waals surface area (Å²) in [4.78, 5) is 4.58. The van der Waals surface area contributed by atoms with Crippen LogP contribution in [0.1, 0.15) is 17.4 Å². The highest BCUT2D eigenvalue weighted by molar-refractivity contribution is 6.35. The number of aromatic nitrogens is 4. The first-order chi connectivity index (χ1) is 9.08. The molecule has 0 aliphatic heterocycles. The second-order valence-electron chi connectivity index (χ2n) is 4.56. The molecule has 1 aromatic carbocycles. The van der Waals surface area contributed by atoms with Gasteiger partial charge in [-0.3, -0.25) is 4.68 Å². The van der Waals surface area contributed by atoms with E-state index in [2.05, 4.69) is 10.1 Å². The Bertz CT molecular complexity index is 743. The zero-order valence-electron chi connectivity index (χ0n) is 10.7. The van der Waals surface area contributed by atoms with Crippen molar-refractivity contribution < 1.29 is 0 Å². The first-order valence-corrected chi connectivity index (χ1v) is 6.30. The van der Waals surface area contributed by atoms with Crippen LogP contribution in [0.15, 0.2) is 30.6 Å². The van der Waals surface area contributed by atoms with E-state index >= 15 is 0 Å². The van der Waals surface area contributed by atoms with E-state index in [1.54, 1.807) is 10.9 Å². The topological polar surface area (TPSA) is 61.7 Å². The Hall–Kier alpha value is -1.85. The molecule has 0 aliphatic rings. The molecule has 0 fully saturated rings. The van der Waals surface area contributed by atoms with Crippen LogP contribution in [0.3, 0.4) is 0 Å². The third-order valence-corrected chi connectivity index (χ3v) is 3.55. The molecule has 0 amide bonds. The molecule has 0 aliphatic carbocycles. The molecular weight excluding hydrogens is 262 g/mol. The van der Waals surface area contributed by atoms with Crippen LogP contribution in [0.25, 0.3) is 11.0 Å².